The highest BCUT2D eigenvalue weighted by atomic mass is 79.9. The Balaban J connectivity index is 1.63. The van der Waals surface area contributed by atoms with E-state index in [1.54, 1.807) is 0 Å². The molecule has 2 aromatic rings. The van der Waals surface area contributed by atoms with Crippen LogP contribution in [0.15, 0.2) is 53.0 Å². The Labute approximate surface area is 188 Å². The first-order valence-corrected chi connectivity index (χ1v) is 11.2. The van der Waals surface area contributed by atoms with Gasteiger partial charge in [-0.25, -0.2) is 4.79 Å². The van der Waals surface area contributed by atoms with Crippen LogP contribution < -0.4 is 4.74 Å². The maximum Gasteiger partial charge on any atom is 0.410 e. The minimum absolute atomic E-state index is 0.0878. The molecule has 1 saturated heterocycles. The van der Waals surface area contributed by atoms with Crippen molar-refractivity contribution >= 4 is 22.0 Å². The molecule has 30 heavy (non-hydrogen) atoms. The van der Waals surface area contributed by atoms with Gasteiger partial charge in [-0.2, -0.15) is 0 Å². The number of amides is 1. The smallest absolute Gasteiger partial charge is 0.410 e. The Hall–Kier alpha value is -2.05. The molecule has 1 aliphatic rings. The fourth-order valence-electron chi connectivity index (χ4n) is 3.55. The van der Waals surface area contributed by atoms with Gasteiger partial charge in [-0.15, -0.1) is 0 Å². The molecule has 1 heterocycles. The van der Waals surface area contributed by atoms with Crippen LogP contribution in [-0.4, -0.2) is 47.2 Å². The van der Waals surface area contributed by atoms with Crippen LogP contribution in [0.25, 0.3) is 0 Å². The van der Waals surface area contributed by atoms with Crippen LogP contribution >= 0.6 is 15.9 Å². The van der Waals surface area contributed by atoms with Gasteiger partial charge in [0.15, 0.2) is 0 Å². The second kappa shape index (κ2) is 9.84. The summed E-state index contributed by atoms with van der Waals surface area (Å²) in [5.74, 6) is 0.885. The van der Waals surface area contributed by atoms with Gasteiger partial charge in [-0.1, -0.05) is 52.3 Å². The number of halogens is 1. The number of nitrogens with zero attached hydrogens (tertiary/aromatic N) is 2. The van der Waals surface area contributed by atoms with Gasteiger partial charge in [0.1, 0.15) is 18.0 Å². The Morgan fingerprint density at radius 2 is 1.83 bits per heavy atom. The summed E-state index contributed by atoms with van der Waals surface area (Å²) in [5, 5.41) is 0. The van der Waals surface area contributed by atoms with E-state index in [0.29, 0.717) is 13.2 Å². The Kier molecular flexibility index (Phi) is 7.42. The number of carbonyl (C=O) groups is 1. The molecular weight excluding hydrogens is 444 g/mol. The lowest BCUT2D eigenvalue weighted by atomic mass is 10.1. The lowest BCUT2D eigenvalue weighted by Gasteiger charge is -2.40. The fraction of sp³-hybridized carbons (Fsp3) is 0.458. The van der Waals surface area contributed by atoms with Crippen LogP contribution in [0.3, 0.4) is 0 Å². The van der Waals surface area contributed by atoms with Crippen molar-refractivity contribution in [1.82, 2.24) is 9.80 Å². The molecule has 0 radical (unpaired) electrons. The van der Waals surface area contributed by atoms with E-state index in [-0.39, 0.29) is 12.1 Å². The van der Waals surface area contributed by atoms with Crippen LogP contribution in [0.1, 0.15) is 38.8 Å². The normalized spacial score (nSPS) is 17.6. The number of piperazine rings is 1. The first kappa shape index (κ1) is 22.6. The summed E-state index contributed by atoms with van der Waals surface area (Å²) in [6, 6.07) is 16.3. The van der Waals surface area contributed by atoms with Crippen LogP contribution in [0.5, 0.6) is 5.75 Å². The molecule has 1 fully saturated rings. The van der Waals surface area contributed by atoms with Gasteiger partial charge in [-0.05, 0) is 45.4 Å². The summed E-state index contributed by atoms with van der Waals surface area (Å²) in [7, 11) is 0. The largest absolute Gasteiger partial charge is 0.489 e. The number of carbonyl (C=O) groups excluding carboxylic acids is 1. The molecule has 0 aliphatic carbocycles. The van der Waals surface area contributed by atoms with Gasteiger partial charge in [0.05, 0.1) is 0 Å². The van der Waals surface area contributed by atoms with Gasteiger partial charge in [0, 0.05) is 42.3 Å². The molecule has 6 heteroatoms. The van der Waals surface area contributed by atoms with Crippen LogP contribution in [0, 0.1) is 0 Å². The summed E-state index contributed by atoms with van der Waals surface area (Å²) < 4.78 is 12.7. The molecule has 1 atom stereocenters. The molecule has 0 spiro atoms. The lowest BCUT2D eigenvalue weighted by molar-refractivity contribution is 0.000434. The topological polar surface area (TPSA) is 42.0 Å². The molecule has 1 amide bonds. The molecule has 3 rings (SSSR count). The van der Waals surface area contributed by atoms with E-state index in [0.717, 1.165) is 41.0 Å². The minimum Gasteiger partial charge on any atom is -0.489 e. The fourth-order valence-corrected chi connectivity index (χ4v) is 4.03. The van der Waals surface area contributed by atoms with Crippen molar-refractivity contribution < 1.29 is 14.3 Å². The van der Waals surface area contributed by atoms with Crippen molar-refractivity contribution in [3.63, 3.8) is 0 Å². The zero-order chi connectivity index (χ0) is 21.7. The highest BCUT2D eigenvalue weighted by Crippen LogP contribution is 2.30. The summed E-state index contributed by atoms with van der Waals surface area (Å²) in [5.41, 5.74) is 1.79. The SMILES string of the molecule is CC1CN(Cc2c(Br)cccc2OCc2ccccc2)CCN1C(=O)OC(C)(C)C. The highest BCUT2D eigenvalue weighted by molar-refractivity contribution is 9.10. The number of hydrogen-bond acceptors (Lipinski definition) is 4. The zero-order valence-corrected chi connectivity index (χ0v) is 19.8. The van der Waals surface area contributed by atoms with E-state index in [1.165, 1.54) is 0 Å². The molecule has 0 aromatic heterocycles. The van der Waals surface area contributed by atoms with Crippen LogP contribution in [-0.2, 0) is 17.9 Å². The molecular formula is C24H31BrN2O3. The molecule has 0 N–H and O–H groups in total. The second-order valence-electron chi connectivity index (χ2n) is 8.75. The van der Waals surface area contributed by atoms with Crippen LogP contribution in [0.2, 0.25) is 0 Å². The van der Waals surface area contributed by atoms with E-state index >= 15 is 0 Å². The van der Waals surface area contributed by atoms with E-state index in [4.69, 9.17) is 9.47 Å². The van der Waals surface area contributed by atoms with Crippen molar-refractivity contribution in [1.29, 1.82) is 0 Å². The maximum atomic E-state index is 12.5. The molecule has 0 saturated carbocycles. The van der Waals surface area contributed by atoms with Crippen molar-refractivity contribution in [2.75, 3.05) is 19.6 Å². The van der Waals surface area contributed by atoms with Crippen molar-refractivity contribution in [3.8, 4) is 5.75 Å². The first-order valence-electron chi connectivity index (χ1n) is 10.4. The number of benzene rings is 2. The maximum absolute atomic E-state index is 12.5. The average Bonchev–Trinajstić information content (AvgIpc) is 2.68. The van der Waals surface area contributed by atoms with E-state index in [2.05, 4.69) is 39.9 Å². The number of hydrogen-bond donors (Lipinski definition) is 0. The highest BCUT2D eigenvalue weighted by Gasteiger charge is 2.31. The van der Waals surface area contributed by atoms with E-state index in [1.807, 2.05) is 62.1 Å². The average molecular weight is 475 g/mol. The predicted molar refractivity (Wildman–Crippen MR) is 123 cm³/mol. The zero-order valence-electron chi connectivity index (χ0n) is 18.2. The molecule has 2 aromatic carbocycles. The summed E-state index contributed by atoms with van der Waals surface area (Å²) >= 11 is 3.69. The third-order valence-electron chi connectivity index (χ3n) is 5.03. The Bertz CT molecular complexity index is 851. The third-order valence-corrected chi connectivity index (χ3v) is 5.78. The van der Waals surface area contributed by atoms with Gasteiger partial charge in [-0.3, -0.25) is 4.90 Å². The van der Waals surface area contributed by atoms with Gasteiger partial charge < -0.3 is 14.4 Å². The lowest BCUT2D eigenvalue weighted by Crippen LogP contribution is -2.54. The number of rotatable bonds is 5. The summed E-state index contributed by atoms with van der Waals surface area (Å²) in [6.45, 7) is 11.3. The van der Waals surface area contributed by atoms with Crippen molar-refractivity contribution in [2.24, 2.45) is 0 Å². The van der Waals surface area contributed by atoms with E-state index in [9.17, 15) is 4.79 Å². The molecule has 0 bridgehead atoms. The van der Waals surface area contributed by atoms with Crippen LogP contribution in [0.4, 0.5) is 4.79 Å². The number of ether oxygens (including phenoxy) is 2. The standard InChI is InChI=1S/C24H31BrN2O3/c1-18-15-26(13-14-27(18)23(28)30-24(2,3)4)16-20-21(25)11-8-12-22(20)29-17-19-9-6-5-7-10-19/h5-12,18H,13-17H2,1-4H3. The Morgan fingerprint density at radius 1 is 1.10 bits per heavy atom. The van der Waals surface area contributed by atoms with Gasteiger partial charge in [0.2, 0.25) is 0 Å². The predicted octanol–water partition coefficient (Wildman–Crippen LogP) is 5.47. The Morgan fingerprint density at radius 3 is 2.50 bits per heavy atom. The van der Waals surface area contributed by atoms with Gasteiger partial charge >= 0.3 is 6.09 Å². The molecule has 162 valence electrons. The molecule has 5 nitrogen and oxygen atoms in total. The van der Waals surface area contributed by atoms with Gasteiger partial charge in [0.25, 0.3) is 0 Å². The summed E-state index contributed by atoms with van der Waals surface area (Å²) in [4.78, 5) is 16.7. The van der Waals surface area contributed by atoms with E-state index < -0.39 is 5.60 Å². The minimum atomic E-state index is -0.478. The van der Waals surface area contributed by atoms with Crippen molar-refractivity contribution in [3.05, 3.63) is 64.1 Å². The second-order valence-corrected chi connectivity index (χ2v) is 9.60. The van der Waals surface area contributed by atoms with Crippen molar-refractivity contribution in [2.45, 2.75) is 52.5 Å². The molecule has 1 unspecified atom stereocenters. The monoisotopic (exact) mass is 474 g/mol. The molecule has 1 aliphatic heterocycles. The quantitative estimate of drug-likeness (QED) is 0.575. The summed E-state index contributed by atoms with van der Waals surface area (Å²) in [6.07, 6.45) is -0.234. The third kappa shape index (κ3) is 6.22. The first-order chi connectivity index (χ1) is 14.2.